The Labute approximate surface area is 108 Å². The maximum Gasteiger partial charge on any atom is 0.0669 e. The molecule has 0 N–H and O–H groups in total. The second kappa shape index (κ2) is 5.37. The van der Waals surface area contributed by atoms with Gasteiger partial charge in [0.05, 0.1) is 12.5 Å². The number of nitriles is 1. The highest BCUT2D eigenvalue weighted by Gasteiger charge is 1.99. The van der Waals surface area contributed by atoms with E-state index in [1.54, 1.807) is 0 Å². The summed E-state index contributed by atoms with van der Waals surface area (Å²) in [5.74, 6) is 0. The molecule has 0 aliphatic rings. The van der Waals surface area contributed by atoms with Crippen molar-refractivity contribution in [2.75, 3.05) is 19.0 Å². The van der Waals surface area contributed by atoms with Gasteiger partial charge in [0.25, 0.3) is 0 Å². The van der Waals surface area contributed by atoms with E-state index in [1.807, 2.05) is 26.2 Å². The number of anilines is 1. The van der Waals surface area contributed by atoms with Gasteiger partial charge < -0.3 is 4.90 Å². The summed E-state index contributed by atoms with van der Waals surface area (Å²) in [5, 5.41) is 8.63. The summed E-state index contributed by atoms with van der Waals surface area (Å²) < 4.78 is 0. The predicted molar refractivity (Wildman–Crippen MR) is 75.5 cm³/mol. The van der Waals surface area contributed by atoms with Crippen LogP contribution in [-0.4, -0.2) is 14.1 Å². The summed E-state index contributed by atoms with van der Waals surface area (Å²) in [7, 11) is 4.07. The van der Waals surface area contributed by atoms with Crippen molar-refractivity contribution in [3.05, 3.63) is 54.1 Å². The van der Waals surface area contributed by atoms with Gasteiger partial charge in [-0.15, -0.1) is 0 Å². The molecule has 0 aromatic heterocycles. The molecule has 0 unspecified atom stereocenters. The zero-order valence-electron chi connectivity index (χ0n) is 10.7. The van der Waals surface area contributed by atoms with Gasteiger partial charge in [0, 0.05) is 19.8 Å². The summed E-state index contributed by atoms with van der Waals surface area (Å²) >= 11 is 0. The normalized spacial score (nSPS) is 9.83. The molecular weight excluding hydrogens is 220 g/mol. The molecule has 90 valence electrons. The maximum absolute atomic E-state index is 8.63. The van der Waals surface area contributed by atoms with Gasteiger partial charge in [-0.2, -0.15) is 5.26 Å². The number of benzene rings is 2. The molecule has 2 heteroatoms. The Kier molecular flexibility index (Phi) is 3.64. The van der Waals surface area contributed by atoms with Crippen molar-refractivity contribution in [3.63, 3.8) is 0 Å². The van der Waals surface area contributed by atoms with Crippen LogP contribution in [0.1, 0.15) is 5.56 Å². The van der Waals surface area contributed by atoms with E-state index in [4.69, 9.17) is 5.26 Å². The Morgan fingerprint density at radius 3 is 1.83 bits per heavy atom. The SMILES string of the molecule is CN(C)c1ccc(-c2ccc(CC#N)cc2)cc1. The van der Waals surface area contributed by atoms with Crippen LogP contribution in [0.4, 0.5) is 5.69 Å². The lowest BCUT2D eigenvalue weighted by atomic mass is 10.0. The zero-order chi connectivity index (χ0) is 13.0. The molecule has 2 rings (SSSR count). The zero-order valence-corrected chi connectivity index (χ0v) is 10.7. The summed E-state index contributed by atoms with van der Waals surface area (Å²) in [6.45, 7) is 0. The van der Waals surface area contributed by atoms with E-state index in [-0.39, 0.29) is 0 Å². The lowest BCUT2D eigenvalue weighted by Crippen LogP contribution is -2.07. The van der Waals surface area contributed by atoms with Gasteiger partial charge in [0.2, 0.25) is 0 Å². The Balaban J connectivity index is 2.23. The van der Waals surface area contributed by atoms with Gasteiger partial charge in [-0.05, 0) is 28.8 Å². The van der Waals surface area contributed by atoms with Crippen LogP contribution in [0.5, 0.6) is 0 Å². The van der Waals surface area contributed by atoms with Crippen molar-refractivity contribution in [2.24, 2.45) is 0 Å². The monoisotopic (exact) mass is 236 g/mol. The second-order valence-electron chi connectivity index (χ2n) is 4.47. The molecule has 0 aliphatic carbocycles. The molecule has 0 bridgehead atoms. The number of rotatable bonds is 3. The first kappa shape index (κ1) is 12.2. The largest absolute Gasteiger partial charge is 0.378 e. The van der Waals surface area contributed by atoms with E-state index in [0.29, 0.717) is 6.42 Å². The molecule has 0 saturated heterocycles. The van der Waals surface area contributed by atoms with Crippen molar-refractivity contribution >= 4 is 5.69 Å². The van der Waals surface area contributed by atoms with Crippen LogP contribution in [0, 0.1) is 11.3 Å². The van der Waals surface area contributed by atoms with Gasteiger partial charge in [-0.25, -0.2) is 0 Å². The molecule has 0 heterocycles. The van der Waals surface area contributed by atoms with Gasteiger partial charge in [-0.1, -0.05) is 36.4 Å². The van der Waals surface area contributed by atoms with Crippen LogP contribution in [-0.2, 0) is 6.42 Å². The average molecular weight is 236 g/mol. The molecular formula is C16H16N2. The molecule has 0 fully saturated rings. The molecule has 18 heavy (non-hydrogen) atoms. The lowest BCUT2D eigenvalue weighted by molar-refractivity contribution is 1.13. The van der Waals surface area contributed by atoms with Crippen molar-refractivity contribution in [1.82, 2.24) is 0 Å². The summed E-state index contributed by atoms with van der Waals surface area (Å²) in [4.78, 5) is 2.08. The van der Waals surface area contributed by atoms with Crippen molar-refractivity contribution in [3.8, 4) is 17.2 Å². The minimum Gasteiger partial charge on any atom is -0.378 e. The fraction of sp³-hybridized carbons (Fsp3) is 0.188. The highest BCUT2D eigenvalue weighted by Crippen LogP contribution is 2.22. The molecule has 0 saturated carbocycles. The smallest absolute Gasteiger partial charge is 0.0669 e. The van der Waals surface area contributed by atoms with E-state index < -0.39 is 0 Å². The first-order valence-corrected chi connectivity index (χ1v) is 5.94. The van der Waals surface area contributed by atoms with Crippen LogP contribution in [0.3, 0.4) is 0 Å². The van der Waals surface area contributed by atoms with E-state index in [2.05, 4.69) is 47.4 Å². The molecule has 2 aromatic rings. The highest BCUT2D eigenvalue weighted by atomic mass is 15.1. The molecule has 2 aromatic carbocycles. The Hall–Kier alpha value is -2.27. The topological polar surface area (TPSA) is 27.0 Å². The Bertz CT molecular complexity index is 545. The van der Waals surface area contributed by atoms with Crippen molar-refractivity contribution in [2.45, 2.75) is 6.42 Å². The third kappa shape index (κ3) is 2.70. The predicted octanol–water partition coefficient (Wildman–Crippen LogP) is 3.49. The Morgan fingerprint density at radius 1 is 0.889 bits per heavy atom. The minimum atomic E-state index is 0.472. The van der Waals surface area contributed by atoms with E-state index in [1.165, 1.54) is 16.8 Å². The fourth-order valence-electron chi connectivity index (χ4n) is 1.86. The van der Waals surface area contributed by atoms with Crippen LogP contribution < -0.4 is 4.90 Å². The van der Waals surface area contributed by atoms with Gasteiger partial charge in [-0.3, -0.25) is 0 Å². The van der Waals surface area contributed by atoms with Crippen LogP contribution in [0.2, 0.25) is 0 Å². The summed E-state index contributed by atoms with van der Waals surface area (Å²) in [6.07, 6.45) is 0.472. The fourth-order valence-corrected chi connectivity index (χ4v) is 1.86. The second-order valence-corrected chi connectivity index (χ2v) is 4.47. The minimum absolute atomic E-state index is 0.472. The van der Waals surface area contributed by atoms with Gasteiger partial charge >= 0.3 is 0 Å². The standard InChI is InChI=1S/C16H16N2/c1-18(2)16-9-7-15(8-10-16)14-5-3-13(4-6-14)11-12-17/h3-10H,11H2,1-2H3. The summed E-state index contributed by atoms with van der Waals surface area (Å²) in [6, 6.07) is 18.8. The van der Waals surface area contributed by atoms with Crippen molar-refractivity contribution in [1.29, 1.82) is 5.26 Å². The number of hydrogen-bond acceptors (Lipinski definition) is 2. The number of nitrogens with zero attached hydrogens (tertiary/aromatic N) is 2. The lowest BCUT2D eigenvalue weighted by Gasteiger charge is -2.12. The van der Waals surface area contributed by atoms with E-state index in [9.17, 15) is 0 Å². The third-order valence-corrected chi connectivity index (χ3v) is 2.95. The molecule has 0 aliphatic heterocycles. The molecule has 0 atom stereocenters. The van der Waals surface area contributed by atoms with Crippen LogP contribution >= 0.6 is 0 Å². The average Bonchev–Trinajstić information content (AvgIpc) is 2.40. The van der Waals surface area contributed by atoms with E-state index >= 15 is 0 Å². The molecule has 0 amide bonds. The number of hydrogen-bond donors (Lipinski definition) is 0. The molecule has 0 spiro atoms. The first-order valence-electron chi connectivity index (χ1n) is 5.94. The van der Waals surface area contributed by atoms with Crippen LogP contribution in [0.15, 0.2) is 48.5 Å². The third-order valence-electron chi connectivity index (χ3n) is 2.95. The van der Waals surface area contributed by atoms with Crippen LogP contribution in [0.25, 0.3) is 11.1 Å². The van der Waals surface area contributed by atoms with E-state index in [0.717, 1.165) is 5.56 Å². The molecule has 0 radical (unpaired) electrons. The summed E-state index contributed by atoms with van der Waals surface area (Å²) in [5.41, 5.74) is 4.64. The maximum atomic E-state index is 8.63. The highest BCUT2D eigenvalue weighted by molar-refractivity contribution is 5.66. The quantitative estimate of drug-likeness (QED) is 0.815. The first-order chi connectivity index (χ1) is 8.70. The van der Waals surface area contributed by atoms with Gasteiger partial charge in [0.1, 0.15) is 0 Å². The molecule has 2 nitrogen and oxygen atoms in total. The van der Waals surface area contributed by atoms with Gasteiger partial charge in [0.15, 0.2) is 0 Å². The van der Waals surface area contributed by atoms with Crippen molar-refractivity contribution < 1.29 is 0 Å². The Morgan fingerprint density at radius 2 is 1.39 bits per heavy atom.